The lowest BCUT2D eigenvalue weighted by Gasteiger charge is -2.41. The summed E-state index contributed by atoms with van der Waals surface area (Å²) in [5, 5.41) is 5.93. The fourth-order valence-corrected chi connectivity index (χ4v) is 7.63. The Hall–Kier alpha value is -4.36. The Kier molecular flexibility index (Phi) is 12.1. The van der Waals surface area contributed by atoms with Crippen LogP contribution in [0.15, 0.2) is 49.1 Å². The van der Waals surface area contributed by atoms with E-state index in [1.165, 1.54) is 0 Å². The molecule has 2 aliphatic carbocycles. The van der Waals surface area contributed by atoms with Crippen molar-refractivity contribution in [1.82, 2.24) is 15.5 Å². The monoisotopic (exact) mass is 749 g/mol. The second kappa shape index (κ2) is 16.6. The predicted molar refractivity (Wildman–Crippen MR) is 198 cm³/mol. The van der Waals surface area contributed by atoms with Crippen LogP contribution in [0.3, 0.4) is 0 Å². The van der Waals surface area contributed by atoms with Gasteiger partial charge in [0.25, 0.3) is 0 Å². The van der Waals surface area contributed by atoms with Gasteiger partial charge in [0.2, 0.25) is 5.91 Å². The molecule has 2 N–H and O–H groups in total. The predicted octanol–water partition coefficient (Wildman–Crippen LogP) is 6.38. The molecule has 2 fully saturated rings. The molecule has 13 heteroatoms. The van der Waals surface area contributed by atoms with Crippen LogP contribution >= 0.6 is 0 Å². The molecule has 3 aliphatic heterocycles. The minimum Gasteiger partial charge on any atom is -0.490 e. The van der Waals surface area contributed by atoms with Gasteiger partial charge in [-0.15, -0.1) is 13.2 Å². The van der Waals surface area contributed by atoms with E-state index >= 15 is 0 Å². The van der Waals surface area contributed by atoms with Gasteiger partial charge < -0.3 is 39.1 Å². The summed E-state index contributed by atoms with van der Waals surface area (Å²) in [7, 11) is 0. The third kappa shape index (κ3) is 9.11. The molecule has 0 radical (unpaired) electrons. The second-order valence-corrected chi connectivity index (χ2v) is 15.9. The molecule has 5 aliphatic rings. The van der Waals surface area contributed by atoms with E-state index in [1.807, 2.05) is 18.2 Å². The molecule has 3 heterocycles. The normalized spacial score (nSPS) is 27.5. The van der Waals surface area contributed by atoms with Crippen molar-refractivity contribution in [3.05, 3.63) is 60.2 Å². The summed E-state index contributed by atoms with van der Waals surface area (Å²) < 4.78 is 34.9. The van der Waals surface area contributed by atoms with Crippen LogP contribution < -0.4 is 20.1 Å². The summed E-state index contributed by atoms with van der Waals surface area (Å²) in [4.78, 5) is 57.0. The molecule has 0 aromatic heterocycles. The number of nitrogens with one attached hydrogen (secondary N) is 2. The Morgan fingerprint density at radius 2 is 1.72 bits per heavy atom. The largest absolute Gasteiger partial charge is 0.490 e. The Labute approximate surface area is 317 Å². The van der Waals surface area contributed by atoms with Gasteiger partial charge in [-0.05, 0) is 76.6 Å². The Balaban J connectivity index is 1.20. The molecule has 0 spiro atoms. The summed E-state index contributed by atoms with van der Waals surface area (Å²) in [6.07, 6.45) is 7.61. The fourth-order valence-electron chi connectivity index (χ4n) is 7.63. The zero-order valence-corrected chi connectivity index (χ0v) is 32.0. The van der Waals surface area contributed by atoms with Gasteiger partial charge in [0.1, 0.15) is 11.7 Å². The first-order valence-corrected chi connectivity index (χ1v) is 19.3. The molecule has 1 aromatic rings. The van der Waals surface area contributed by atoms with Gasteiger partial charge in [-0.2, -0.15) is 0 Å². The van der Waals surface area contributed by atoms with Crippen LogP contribution in [0.4, 0.5) is 9.59 Å². The third-order valence-electron chi connectivity index (χ3n) is 10.6. The number of ketones is 1. The Morgan fingerprint density at radius 1 is 1.04 bits per heavy atom. The van der Waals surface area contributed by atoms with Crippen LogP contribution in [0.5, 0.6) is 11.5 Å². The van der Waals surface area contributed by atoms with E-state index in [9.17, 15) is 19.2 Å². The number of carbonyl (C=O) groups excluding carboxylic acids is 4. The summed E-state index contributed by atoms with van der Waals surface area (Å²) in [6.45, 7) is 16.6. The van der Waals surface area contributed by atoms with Crippen LogP contribution in [-0.2, 0) is 41.6 Å². The van der Waals surface area contributed by atoms with Crippen molar-refractivity contribution in [2.75, 3.05) is 13.2 Å². The summed E-state index contributed by atoms with van der Waals surface area (Å²) in [5.41, 5.74) is 0.580. The van der Waals surface area contributed by atoms with Crippen LogP contribution in [0.25, 0.3) is 0 Å². The number of hydrogen-bond donors (Lipinski definition) is 2. The molecule has 3 amide bonds. The number of rotatable bonds is 14. The number of alkyl carbamates (subject to hydrolysis) is 1. The minimum absolute atomic E-state index is 0.0715. The van der Waals surface area contributed by atoms with Crippen molar-refractivity contribution >= 4 is 23.9 Å². The number of carbonyl (C=O) groups is 4. The number of nitrogens with zero attached hydrogens (tertiary/aromatic N) is 1. The molecule has 54 heavy (non-hydrogen) atoms. The maximum atomic E-state index is 14.4. The highest BCUT2D eigenvalue weighted by molar-refractivity contribution is 6.05. The first-order valence-electron chi connectivity index (χ1n) is 19.3. The molecule has 1 aromatic carbocycles. The zero-order valence-electron chi connectivity index (χ0n) is 32.0. The number of amides is 3. The van der Waals surface area contributed by atoms with Crippen LogP contribution in [0.2, 0.25) is 0 Å². The molecule has 0 bridgehead atoms. The maximum Gasteiger partial charge on any atom is 0.410 e. The fraction of sp³-hybridized carbons (Fsp3) is 0.610. The molecule has 13 nitrogen and oxygen atoms in total. The first-order chi connectivity index (χ1) is 25.8. The van der Waals surface area contributed by atoms with Gasteiger partial charge in [0.05, 0.1) is 30.7 Å². The number of Topliss-reactive ketones (excluding diaryl/α,β-unsaturated/α-hetero) is 1. The lowest BCUT2D eigenvalue weighted by atomic mass is 9.80. The number of ether oxygens (including phenoxy) is 6. The van der Waals surface area contributed by atoms with Crippen molar-refractivity contribution in [2.45, 2.75) is 134 Å². The molecule has 1 saturated heterocycles. The third-order valence-corrected chi connectivity index (χ3v) is 10.6. The number of unbranched alkanes of at least 4 members (excludes halogenated alkanes) is 3. The summed E-state index contributed by atoms with van der Waals surface area (Å²) in [5.74, 6) is -0.513. The van der Waals surface area contributed by atoms with Crippen molar-refractivity contribution in [2.24, 2.45) is 11.8 Å². The first kappa shape index (κ1) is 39.3. The van der Waals surface area contributed by atoms with Gasteiger partial charge in [0.15, 0.2) is 29.9 Å². The maximum absolute atomic E-state index is 14.4. The lowest BCUT2D eigenvalue weighted by molar-refractivity contribution is -0.388. The number of benzene rings is 1. The number of fused-ring (bicyclic) bond motifs is 2. The average Bonchev–Trinajstić information content (AvgIpc) is 3.73. The van der Waals surface area contributed by atoms with Crippen molar-refractivity contribution in [1.29, 1.82) is 0 Å². The molecule has 0 unspecified atom stereocenters. The highest BCUT2D eigenvalue weighted by atomic mass is 16.9. The van der Waals surface area contributed by atoms with E-state index in [1.54, 1.807) is 44.7 Å². The van der Waals surface area contributed by atoms with Gasteiger partial charge in [-0.25, -0.2) is 9.59 Å². The Morgan fingerprint density at radius 3 is 2.31 bits per heavy atom. The highest BCUT2D eigenvalue weighted by Gasteiger charge is 2.64. The van der Waals surface area contributed by atoms with Gasteiger partial charge >= 0.3 is 12.2 Å². The van der Waals surface area contributed by atoms with E-state index in [4.69, 9.17) is 28.4 Å². The smallest absolute Gasteiger partial charge is 0.410 e. The van der Waals surface area contributed by atoms with Crippen LogP contribution in [-0.4, -0.2) is 77.9 Å². The summed E-state index contributed by atoms with van der Waals surface area (Å²) in [6, 6.07) is 2.92. The van der Waals surface area contributed by atoms with E-state index in [0.29, 0.717) is 57.1 Å². The zero-order chi connectivity index (χ0) is 38.6. The topological polar surface area (TPSA) is 151 Å². The van der Waals surface area contributed by atoms with E-state index in [-0.39, 0.29) is 30.1 Å². The molecule has 1 saturated carbocycles. The van der Waals surface area contributed by atoms with Crippen molar-refractivity contribution < 1.29 is 47.6 Å². The quantitative estimate of drug-likeness (QED) is 0.162. The number of allylic oxidation sites excluding steroid dienone is 1. The van der Waals surface area contributed by atoms with E-state index < -0.39 is 59.9 Å². The van der Waals surface area contributed by atoms with Gasteiger partial charge in [-0.1, -0.05) is 31.1 Å². The molecule has 6 rings (SSSR count). The SMILES string of the molecule is C=CCCCCC[C@H](NC(=O)OC(C)(C)C)C(=O)C1=CC[C@H](OC(=O)N2Cc3cc4c(cc3C2)OCCCO4)C[C@H]1C(=O)N[C@]1(C2OC(C)O2)C[C@H]1C=C. The second-order valence-electron chi connectivity index (χ2n) is 15.9. The number of hydrogen-bond acceptors (Lipinski definition) is 10. The Bertz CT molecular complexity index is 1610. The molecule has 294 valence electrons. The lowest BCUT2D eigenvalue weighted by Crippen LogP contribution is -2.58. The minimum atomic E-state index is -0.978. The average molecular weight is 750 g/mol. The van der Waals surface area contributed by atoms with E-state index in [0.717, 1.165) is 36.8 Å². The standard InChI is InChI=1S/C41H55N3O10/c1-7-9-10-11-12-14-32(42-38(47)54-40(4,5)6)35(45)30-16-15-29(21-31(30)36(46)43-41(22-28(41)8-2)37-51-25(3)52-37)53-39(48)44-23-26-19-33-34(20-27(26)24-44)50-18-13-17-49-33/h7-8,16,19-20,25,28-29,31-32,37H,1-2,9-15,17-18,21-24H2,3-6H3,(H,42,47)(H,43,46)/t25?,28-,29+,31-,32+,37?,41-/m1/s1. The highest BCUT2D eigenvalue weighted by Crippen LogP contribution is 2.51. The van der Waals surface area contributed by atoms with E-state index in [2.05, 4.69) is 23.8 Å². The van der Waals surface area contributed by atoms with Gasteiger partial charge in [0, 0.05) is 43.8 Å². The van der Waals surface area contributed by atoms with Crippen molar-refractivity contribution in [3.63, 3.8) is 0 Å². The molecular weight excluding hydrogens is 694 g/mol. The van der Waals surface area contributed by atoms with Crippen LogP contribution in [0.1, 0.15) is 96.6 Å². The molecule has 5 atom stereocenters. The summed E-state index contributed by atoms with van der Waals surface area (Å²) >= 11 is 0. The molecular formula is C41H55N3O10. The van der Waals surface area contributed by atoms with Crippen molar-refractivity contribution in [3.8, 4) is 11.5 Å². The van der Waals surface area contributed by atoms with Gasteiger partial charge in [-0.3, -0.25) is 14.5 Å². The van der Waals surface area contributed by atoms with Crippen LogP contribution in [0, 0.1) is 11.8 Å².